The third-order valence-electron chi connectivity index (χ3n) is 5.04. The Balaban J connectivity index is 1.78. The number of rotatable bonds is 1. The number of aryl methyl sites for hydroxylation is 1. The molecule has 1 aromatic carbocycles. The van der Waals surface area contributed by atoms with Crippen molar-refractivity contribution in [2.24, 2.45) is 0 Å². The predicted octanol–water partition coefficient (Wildman–Crippen LogP) is 3.69. The van der Waals surface area contributed by atoms with E-state index in [1.807, 2.05) is 0 Å². The number of aliphatic hydroxyl groups excluding tert-OH is 1. The normalized spacial score (nSPS) is 29.1. The molecule has 0 saturated carbocycles. The van der Waals surface area contributed by atoms with Crippen molar-refractivity contribution in [1.29, 1.82) is 0 Å². The lowest BCUT2D eigenvalue weighted by molar-refractivity contribution is 0.0401. The summed E-state index contributed by atoms with van der Waals surface area (Å²) in [6.45, 7) is 2.34. The highest BCUT2D eigenvalue weighted by Gasteiger charge is 2.30. The first-order chi connectivity index (χ1) is 9.86. The highest BCUT2D eigenvalue weighted by molar-refractivity contribution is 5.31. The quantitative estimate of drug-likeness (QED) is 0.789. The molecule has 2 atom stereocenters. The summed E-state index contributed by atoms with van der Waals surface area (Å²) < 4.78 is 0. The zero-order chi connectivity index (χ0) is 13.8. The third kappa shape index (κ3) is 3.07. The fourth-order valence-corrected chi connectivity index (χ4v) is 3.90. The second kappa shape index (κ2) is 6.73. The second-order valence-electron chi connectivity index (χ2n) is 6.41. The molecule has 1 aliphatic carbocycles. The van der Waals surface area contributed by atoms with E-state index in [1.54, 1.807) is 0 Å². The number of nitrogens with zero attached hydrogens (tertiary/aromatic N) is 1. The number of fused-ring (bicyclic) bond motifs is 1. The molecule has 2 unspecified atom stereocenters. The lowest BCUT2D eigenvalue weighted by Crippen LogP contribution is -2.41. The van der Waals surface area contributed by atoms with E-state index in [9.17, 15) is 5.11 Å². The molecular weight excluding hydrogens is 246 g/mol. The minimum Gasteiger partial charge on any atom is -0.387 e. The first-order valence-corrected chi connectivity index (χ1v) is 8.36. The Labute approximate surface area is 122 Å². The summed E-state index contributed by atoms with van der Waals surface area (Å²) in [6.07, 6.45) is 9.86. The van der Waals surface area contributed by atoms with Crippen molar-refractivity contribution in [1.82, 2.24) is 4.90 Å². The van der Waals surface area contributed by atoms with Gasteiger partial charge in [-0.2, -0.15) is 0 Å². The zero-order valence-corrected chi connectivity index (χ0v) is 12.4. The molecule has 0 radical (unpaired) electrons. The first kappa shape index (κ1) is 14.1. The van der Waals surface area contributed by atoms with Gasteiger partial charge in [-0.1, -0.05) is 43.5 Å². The predicted molar refractivity (Wildman–Crippen MR) is 82.8 cm³/mol. The Bertz CT molecular complexity index is 423. The van der Waals surface area contributed by atoms with E-state index < -0.39 is 0 Å². The van der Waals surface area contributed by atoms with Crippen LogP contribution >= 0.6 is 0 Å². The number of hydrogen-bond donors (Lipinski definition) is 1. The summed E-state index contributed by atoms with van der Waals surface area (Å²) in [6, 6.07) is 8.81. The highest BCUT2D eigenvalue weighted by atomic mass is 16.3. The zero-order valence-electron chi connectivity index (χ0n) is 12.4. The van der Waals surface area contributed by atoms with Crippen molar-refractivity contribution in [3.63, 3.8) is 0 Å². The number of hydrogen-bond acceptors (Lipinski definition) is 2. The first-order valence-electron chi connectivity index (χ1n) is 8.36. The summed E-state index contributed by atoms with van der Waals surface area (Å²) in [5.41, 5.74) is 2.53. The van der Waals surface area contributed by atoms with Crippen LogP contribution in [0.2, 0.25) is 0 Å². The SMILES string of the molecule is OC1c2ccccc2CCCC1N1CCCCCCC1. The van der Waals surface area contributed by atoms with Crippen molar-refractivity contribution >= 4 is 0 Å². The van der Waals surface area contributed by atoms with Gasteiger partial charge in [0.2, 0.25) is 0 Å². The fraction of sp³-hybridized carbons (Fsp3) is 0.667. The third-order valence-corrected chi connectivity index (χ3v) is 5.04. The van der Waals surface area contributed by atoms with Crippen LogP contribution < -0.4 is 0 Å². The summed E-state index contributed by atoms with van der Waals surface area (Å²) in [5.74, 6) is 0. The van der Waals surface area contributed by atoms with E-state index in [1.165, 1.54) is 62.7 Å². The molecule has 1 heterocycles. The van der Waals surface area contributed by atoms with Gasteiger partial charge in [0.05, 0.1) is 6.10 Å². The molecule has 0 aromatic heterocycles. The van der Waals surface area contributed by atoms with Crippen LogP contribution in [0.4, 0.5) is 0 Å². The molecule has 20 heavy (non-hydrogen) atoms. The van der Waals surface area contributed by atoms with Crippen LogP contribution in [0, 0.1) is 0 Å². The minimum atomic E-state index is -0.298. The molecule has 1 saturated heterocycles. The van der Waals surface area contributed by atoms with E-state index in [0.29, 0.717) is 6.04 Å². The van der Waals surface area contributed by atoms with Crippen LogP contribution in [0.15, 0.2) is 24.3 Å². The summed E-state index contributed by atoms with van der Waals surface area (Å²) in [7, 11) is 0. The van der Waals surface area contributed by atoms with E-state index in [-0.39, 0.29) is 6.10 Å². The van der Waals surface area contributed by atoms with Crippen LogP contribution in [-0.4, -0.2) is 29.1 Å². The molecule has 2 nitrogen and oxygen atoms in total. The molecule has 1 fully saturated rings. The molecule has 3 rings (SSSR count). The monoisotopic (exact) mass is 273 g/mol. The average Bonchev–Trinajstić information content (AvgIpc) is 2.59. The molecule has 0 amide bonds. The van der Waals surface area contributed by atoms with Crippen LogP contribution in [-0.2, 0) is 6.42 Å². The second-order valence-corrected chi connectivity index (χ2v) is 6.41. The van der Waals surface area contributed by atoms with Gasteiger partial charge in [0.15, 0.2) is 0 Å². The molecule has 1 N–H and O–H groups in total. The number of benzene rings is 1. The molecule has 2 aliphatic rings. The van der Waals surface area contributed by atoms with Crippen molar-refractivity contribution in [2.45, 2.75) is 63.5 Å². The van der Waals surface area contributed by atoms with Gasteiger partial charge in [-0.15, -0.1) is 0 Å². The molecule has 2 heteroatoms. The standard InChI is InChI=1S/C18H27NO/c20-18-16-11-5-4-9-15(16)10-8-12-17(18)19-13-6-2-1-3-7-14-19/h4-5,9,11,17-18,20H,1-3,6-8,10,12-14H2. The van der Waals surface area contributed by atoms with Crippen LogP contribution in [0.3, 0.4) is 0 Å². The molecule has 110 valence electrons. The number of aliphatic hydroxyl groups is 1. The van der Waals surface area contributed by atoms with Crippen molar-refractivity contribution < 1.29 is 5.11 Å². The van der Waals surface area contributed by atoms with E-state index in [0.717, 1.165) is 12.8 Å². The Morgan fingerprint density at radius 1 is 0.900 bits per heavy atom. The Hall–Kier alpha value is -0.860. The molecule has 1 aliphatic heterocycles. The smallest absolute Gasteiger partial charge is 0.0947 e. The van der Waals surface area contributed by atoms with Gasteiger partial charge in [0.1, 0.15) is 0 Å². The molecule has 1 aromatic rings. The summed E-state index contributed by atoms with van der Waals surface area (Å²) >= 11 is 0. The van der Waals surface area contributed by atoms with Crippen LogP contribution in [0.1, 0.15) is 62.2 Å². The van der Waals surface area contributed by atoms with Gasteiger partial charge in [-0.3, -0.25) is 4.90 Å². The average molecular weight is 273 g/mol. The van der Waals surface area contributed by atoms with Crippen molar-refractivity contribution in [3.05, 3.63) is 35.4 Å². The van der Waals surface area contributed by atoms with Gasteiger partial charge in [0.25, 0.3) is 0 Å². The number of likely N-dealkylation sites (tertiary alicyclic amines) is 1. The lowest BCUT2D eigenvalue weighted by Gasteiger charge is -2.35. The van der Waals surface area contributed by atoms with E-state index in [2.05, 4.69) is 29.2 Å². The van der Waals surface area contributed by atoms with Gasteiger partial charge in [-0.25, -0.2) is 0 Å². The Kier molecular flexibility index (Phi) is 4.74. The fourth-order valence-electron chi connectivity index (χ4n) is 3.90. The van der Waals surface area contributed by atoms with Crippen LogP contribution in [0.5, 0.6) is 0 Å². The topological polar surface area (TPSA) is 23.5 Å². The minimum absolute atomic E-state index is 0.298. The molecule has 0 bridgehead atoms. The van der Waals surface area contributed by atoms with E-state index in [4.69, 9.17) is 0 Å². The van der Waals surface area contributed by atoms with E-state index >= 15 is 0 Å². The maximum absolute atomic E-state index is 10.9. The summed E-state index contributed by atoms with van der Waals surface area (Å²) in [5, 5.41) is 10.9. The van der Waals surface area contributed by atoms with Crippen LogP contribution in [0.25, 0.3) is 0 Å². The van der Waals surface area contributed by atoms with Gasteiger partial charge in [-0.05, 0) is 56.3 Å². The Morgan fingerprint density at radius 3 is 2.40 bits per heavy atom. The largest absolute Gasteiger partial charge is 0.387 e. The van der Waals surface area contributed by atoms with Gasteiger partial charge < -0.3 is 5.11 Å². The maximum Gasteiger partial charge on any atom is 0.0947 e. The van der Waals surface area contributed by atoms with Gasteiger partial charge in [0, 0.05) is 6.04 Å². The highest BCUT2D eigenvalue weighted by Crippen LogP contribution is 2.32. The van der Waals surface area contributed by atoms with Crippen molar-refractivity contribution in [3.8, 4) is 0 Å². The van der Waals surface area contributed by atoms with Gasteiger partial charge >= 0.3 is 0 Å². The maximum atomic E-state index is 10.9. The lowest BCUT2D eigenvalue weighted by atomic mass is 9.96. The summed E-state index contributed by atoms with van der Waals surface area (Å²) in [4.78, 5) is 2.58. The molecular formula is C18H27NO. The Morgan fingerprint density at radius 2 is 1.60 bits per heavy atom. The molecule has 0 spiro atoms. The van der Waals surface area contributed by atoms with Crippen molar-refractivity contribution in [2.75, 3.05) is 13.1 Å².